The molecule has 0 bridgehead atoms. The number of carbonyl (C=O) groups is 1. The third kappa shape index (κ3) is 1.83. The largest absolute Gasteiger partial charge is 0.418 e. The summed E-state index contributed by atoms with van der Waals surface area (Å²) in [5.74, 6) is -0.434. The normalized spacial score (nSPS) is 19.9. The number of amides is 1. The van der Waals surface area contributed by atoms with Crippen LogP contribution in [0.15, 0.2) is 18.2 Å². The lowest BCUT2D eigenvalue weighted by Gasteiger charge is -2.34. The molecule has 0 saturated carbocycles. The number of anilines is 2. The number of halogens is 3. The van der Waals surface area contributed by atoms with Crippen molar-refractivity contribution in [1.82, 2.24) is 0 Å². The van der Waals surface area contributed by atoms with Crippen LogP contribution < -0.4 is 10.2 Å². The van der Waals surface area contributed by atoms with Crippen molar-refractivity contribution < 1.29 is 18.0 Å². The molecule has 3 nitrogen and oxygen atoms in total. The molecule has 0 aromatic heterocycles. The highest BCUT2D eigenvalue weighted by Gasteiger charge is 2.38. The lowest BCUT2D eigenvalue weighted by molar-refractivity contribution is -0.137. The minimum Gasteiger partial charge on any atom is -0.361 e. The van der Waals surface area contributed by atoms with Crippen molar-refractivity contribution >= 4 is 17.3 Å². The van der Waals surface area contributed by atoms with Crippen LogP contribution in [0.3, 0.4) is 0 Å². The lowest BCUT2D eigenvalue weighted by atomic mass is 10.1. The van der Waals surface area contributed by atoms with Gasteiger partial charge in [-0.15, -0.1) is 0 Å². The Labute approximate surface area is 96.2 Å². The average molecular weight is 244 g/mol. The van der Waals surface area contributed by atoms with E-state index < -0.39 is 23.7 Å². The number of carbonyl (C=O) groups excluding carboxylic acids is 1. The Morgan fingerprint density at radius 1 is 1.35 bits per heavy atom. The van der Waals surface area contributed by atoms with Crippen LogP contribution in [0.5, 0.6) is 0 Å². The standard InChI is InChI=1S/C11H11F3N2O/c1-6-10(17)15-9-7(11(12,13)14)4-3-5-8(9)16(6)2/h3-6H,1-2H3,(H,15,17). The van der Waals surface area contributed by atoms with Crippen LogP contribution in [0.2, 0.25) is 0 Å². The minimum absolute atomic E-state index is 0.161. The van der Waals surface area contributed by atoms with Gasteiger partial charge in [0.2, 0.25) is 5.91 Å². The van der Waals surface area contributed by atoms with E-state index in [9.17, 15) is 18.0 Å². The summed E-state index contributed by atoms with van der Waals surface area (Å²) in [6, 6.07) is 3.37. The Balaban J connectivity index is 2.60. The molecule has 1 N–H and O–H groups in total. The van der Waals surface area contributed by atoms with Gasteiger partial charge < -0.3 is 10.2 Å². The first-order valence-corrected chi connectivity index (χ1v) is 5.06. The highest BCUT2D eigenvalue weighted by molar-refractivity contribution is 6.04. The Morgan fingerprint density at radius 2 is 2.00 bits per heavy atom. The smallest absolute Gasteiger partial charge is 0.361 e. The zero-order valence-corrected chi connectivity index (χ0v) is 9.30. The van der Waals surface area contributed by atoms with Gasteiger partial charge in [0.1, 0.15) is 6.04 Å². The number of nitrogens with one attached hydrogen (secondary N) is 1. The van der Waals surface area contributed by atoms with Crippen molar-refractivity contribution in [2.75, 3.05) is 17.3 Å². The van der Waals surface area contributed by atoms with Crippen LogP contribution in [0, 0.1) is 0 Å². The highest BCUT2D eigenvalue weighted by atomic mass is 19.4. The van der Waals surface area contributed by atoms with E-state index in [0.717, 1.165) is 6.07 Å². The van der Waals surface area contributed by atoms with Gasteiger partial charge in [-0.1, -0.05) is 6.07 Å². The molecule has 1 aliphatic heterocycles. The van der Waals surface area contributed by atoms with Crippen LogP contribution in [0.1, 0.15) is 12.5 Å². The zero-order chi connectivity index (χ0) is 12.8. The molecule has 92 valence electrons. The molecule has 1 aromatic carbocycles. The van der Waals surface area contributed by atoms with E-state index in [4.69, 9.17) is 0 Å². The second-order valence-electron chi connectivity index (χ2n) is 3.97. The fourth-order valence-corrected chi connectivity index (χ4v) is 1.81. The number of fused-ring (bicyclic) bond motifs is 1. The summed E-state index contributed by atoms with van der Waals surface area (Å²) in [5.41, 5.74) is -0.598. The van der Waals surface area contributed by atoms with Crippen molar-refractivity contribution in [1.29, 1.82) is 0 Å². The van der Waals surface area contributed by atoms with Gasteiger partial charge in [-0.2, -0.15) is 13.2 Å². The molecule has 1 heterocycles. The monoisotopic (exact) mass is 244 g/mol. The number of likely N-dealkylation sites (N-methyl/N-ethyl adjacent to an activating group) is 1. The van der Waals surface area contributed by atoms with E-state index in [2.05, 4.69) is 5.32 Å². The molecule has 17 heavy (non-hydrogen) atoms. The fraction of sp³-hybridized carbons (Fsp3) is 0.364. The number of alkyl halides is 3. The zero-order valence-electron chi connectivity index (χ0n) is 9.30. The average Bonchev–Trinajstić information content (AvgIpc) is 2.24. The van der Waals surface area contributed by atoms with Crippen molar-refractivity contribution in [3.63, 3.8) is 0 Å². The highest BCUT2D eigenvalue weighted by Crippen LogP contribution is 2.41. The molecule has 6 heteroatoms. The van der Waals surface area contributed by atoms with Gasteiger partial charge in [0.25, 0.3) is 0 Å². The van der Waals surface area contributed by atoms with E-state index >= 15 is 0 Å². The summed E-state index contributed by atoms with van der Waals surface area (Å²) < 4.78 is 38.3. The molecule has 0 saturated heterocycles. The summed E-state index contributed by atoms with van der Waals surface area (Å²) in [6.07, 6.45) is -4.47. The molecule has 0 fully saturated rings. The molecule has 1 aliphatic rings. The van der Waals surface area contributed by atoms with E-state index in [-0.39, 0.29) is 5.69 Å². The van der Waals surface area contributed by atoms with Gasteiger partial charge in [-0.25, -0.2) is 0 Å². The molecule has 1 aromatic rings. The Kier molecular flexibility index (Phi) is 2.52. The molecular weight excluding hydrogens is 233 g/mol. The molecule has 1 atom stereocenters. The molecule has 1 unspecified atom stereocenters. The summed E-state index contributed by atoms with van der Waals surface area (Å²) in [5, 5.41) is 2.31. The maximum Gasteiger partial charge on any atom is 0.418 e. The molecule has 2 rings (SSSR count). The van der Waals surface area contributed by atoms with Crippen molar-refractivity contribution in [2.45, 2.75) is 19.1 Å². The number of para-hydroxylation sites is 1. The van der Waals surface area contributed by atoms with Crippen LogP contribution in [-0.2, 0) is 11.0 Å². The number of rotatable bonds is 0. The van der Waals surface area contributed by atoms with Crippen LogP contribution in [0.4, 0.5) is 24.5 Å². The first-order chi connectivity index (χ1) is 7.82. The predicted molar refractivity (Wildman–Crippen MR) is 57.9 cm³/mol. The summed E-state index contributed by atoms with van der Waals surface area (Å²) in [7, 11) is 1.60. The Morgan fingerprint density at radius 3 is 2.59 bits per heavy atom. The Bertz CT molecular complexity index is 470. The second kappa shape index (κ2) is 3.65. The van der Waals surface area contributed by atoms with Crippen molar-refractivity contribution in [3.8, 4) is 0 Å². The van der Waals surface area contributed by atoms with Crippen LogP contribution in [-0.4, -0.2) is 19.0 Å². The maximum absolute atomic E-state index is 12.8. The van der Waals surface area contributed by atoms with E-state index in [0.29, 0.717) is 5.69 Å². The fourth-order valence-electron chi connectivity index (χ4n) is 1.81. The van der Waals surface area contributed by atoms with Gasteiger partial charge >= 0.3 is 6.18 Å². The number of benzene rings is 1. The third-order valence-corrected chi connectivity index (χ3v) is 2.94. The molecular formula is C11H11F3N2O. The van der Waals surface area contributed by atoms with E-state index in [1.54, 1.807) is 20.0 Å². The minimum atomic E-state index is -4.47. The van der Waals surface area contributed by atoms with Gasteiger partial charge in [0, 0.05) is 7.05 Å². The number of hydrogen-bond donors (Lipinski definition) is 1. The Hall–Kier alpha value is -1.72. The topological polar surface area (TPSA) is 32.3 Å². The third-order valence-electron chi connectivity index (χ3n) is 2.94. The first kappa shape index (κ1) is 11.8. The van der Waals surface area contributed by atoms with E-state index in [1.807, 2.05) is 0 Å². The van der Waals surface area contributed by atoms with Gasteiger partial charge in [-0.3, -0.25) is 4.79 Å². The van der Waals surface area contributed by atoms with Gasteiger partial charge in [0.05, 0.1) is 16.9 Å². The van der Waals surface area contributed by atoms with E-state index in [1.165, 1.54) is 11.0 Å². The maximum atomic E-state index is 12.8. The van der Waals surface area contributed by atoms with Crippen molar-refractivity contribution in [2.24, 2.45) is 0 Å². The SMILES string of the molecule is CC1C(=O)Nc2c(cccc2C(F)(F)F)N1C. The van der Waals surface area contributed by atoms with Crippen LogP contribution >= 0.6 is 0 Å². The summed E-state index contributed by atoms with van der Waals surface area (Å²) >= 11 is 0. The summed E-state index contributed by atoms with van der Waals surface area (Å²) in [4.78, 5) is 13.1. The first-order valence-electron chi connectivity index (χ1n) is 5.06. The summed E-state index contributed by atoms with van der Waals surface area (Å²) in [6.45, 7) is 1.64. The molecule has 1 amide bonds. The second-order valence-corrected chi connectivity index (χ2v) is 3.97. The quantitative estimate of drug-likeness (QED) is 0.760. The number of nitrogens with zero attached hydrogens (tertiary/aromatic N) is 1. The van der Waals surface area contributed by atoms with Crippen LogP contribution in [0.25, 0.3) is 0 Å². The predicted octanol–water partition coefficient (Wildman–Crippen LogP) is 2.48. The van der Waals surface area contributed by atoms with Crippen molar-refractivity contribution in [3.05, 3.63) is 23.8 Å². The van der Waals surface area contributed by atoms with Gasteiger partial charge in [-0.05, 0) is 19.1 Å². The molecule has 0 aliphatic carbocycles. The lowest BCUT2D eigenvalue weighted by Crippen LogP contribution is -2.44. The molecule has 0 spiro atoms. The van der Waals surface area contributed by atoms with Gasteiger partial charge in [0.15, 0.2) is 0 Å². The molecule has 0 radical (unpaired) electrons. The number of hydrogen-bond acceptors (Lipinski definition) is 2.